The van der Waals surface area contributed by atoms with Crippen molar-refractivity contribution < 1.29 is 0 Å². The van der Waals surface area contributed by atoms with Gasteiger partial charge in [0.25, 0.3) is 0 Å². The third-order valence-electron chi connectivity index (χ3n) is 6.97. The minimum absolute atomic E-state index is 1.24. The number of fused-ring (bicyclic) bond motifs is 6. The highest BCUT2D eigenvalue weighted by Gasteiger charge is 2.20. The summed E-state index contributed by atoms with van der Waals surface area (Å²) in [6.45, 7) is 0. The first-order valence-electron chi connectivity index (χ1n) is 12.8. The topological polar surface area (TPSA) is 0 Å². The lowest BCUT2D eigenvalue weighted by Crippen LogP contribution is -1.93. The summed E-state index contributed by atoms with van der Waals surface area (Å²) in [6.07, 6.45) is 0. The molecule has 0 spiro atoms. The third-order valence-corrected chi connectivity index (χ3v) is 9.26. The van der Waals surface area contributed by atoms with Crippen LogP contribution in [0.1, 0.15) is 0 Å². The molecule has 0 aromatic heterocycles. The van der Waals surface area contributed by atoms with Crippen molar-refractivity contribution in [1.29, 1.82) is 0 Å². The van der Waals surface area contributed by atoms with Gasteiger partial charge in [-0.25, -0.2) is 0 Å². The molecule has 0 saturated heterocycles. The monoisotopic (exact) mass is 520 g/mol. The Morgan fingerprint density at radius 2 is 0.711 bits per heavy atom. The van der Waals surface area contributed by atoms with Gasteiger partial charge in [-0.15, -0.1) is 0 Å². The number of benzene rings is 6. The van der Waals surface area contributed by atoms with E-state index < -0.39 is 0 Å². The number of rotatable bonds is 2. The highest BCUT2D eigenvalue weighted by Crippen LogP contribution is 2.49. The molecule has 0 fully saturated rings. The lowest BCUT2D eigenvalue weighted by atomic mass is 9.99. The first kappa shape index (κ1) is 23.2. The lowest BCUT2D eigenvalue weighted by molar-refractivity contribution is 1.32. The molecule has 1 heterocycles. The van der Waals surface area contributed by atoms with Crippen molar-refractivity contribution >= 4 is 23.5 Å². The molecule has 180 valence electrons. The Morgan fingerprint density at radius 1 is 0.263 bits per heavy atom. The average molecular weight is 521 g/mol. The average Bonchev–Trinajstić information content (AvgIpc) is 2.99. The van der Waals surface area contributed by atoms with Crippen LogP contribution in [-0.4, -0.2) is 0 Å². The van der Waals surface area contributed by atoms with E-state index in [1.54, 1.807) is 0 Å². The molecule has 0 bridgehead atoms. The maximum absolute atomic E-state index is 2.37. The van der Waals surface area contributed by atoms with Gasteiger partial charge in [0.2, 0.25) is 0 Å². The van der Waals surface area contributed by atoms with Crippen molar-refractivity contribution in [3.8, 4) is 44.5 Å². The van der Waals surface area contributed by atoms with E-state index in [0.29, 0.717) is 0 Å². The minimum Gasteiger partial charge on any atom is -0.0888 e. The van der Waals surface area contributed by atoms with Gasteiger partial charge in [0, 0.05) is 19.6 Å². The number of hydrogen-bond acceptors (Lipinski definition) is 2. The van der Waals surface area contributed by atoms with Crippen LogP contribution in [0.15, 0.2) is 165 Å². The quantitative estimate of drug-likeness (QED) is 0.222. The van der Waals surface area contributed by atoms with Crippen molar-refractivity contribution in [2.45, 2.75) is 19.6 Å². The fourth-order valence-corrected chi connectivity index (χ4v) is 7.30. The molecule has 0 saturated carbocycles. The van der Waals surface area contributed by atoms with E-state index in [-0.39, 0.29) is 0 Å². The third kappa shape index (κ3) is 4.36. The van der Waals surface area contributed by atoms with E-state index in [1.165, 1.54) is 64.1 Å². The molecule has 0 N–H and O–H groups in total. The minimum atomic E-state index is 1.24. The molecule has 0 aliphatic carbocycles. The summed E-state index contributed by atoms with van der Waals surface area (Å²) in [5.74, 6) is 0. The highest BCUT2D eigenvalue weighted by molar-refractivity contribution is 8.00. The van der Waals surface area contributed by atoms with E-state index in [4.69, 9.17) is 0 Å². The fourth-order valence-electron chi connectivity index (χ4n) is 5.07. The Morgan fingerprint density at radius 3 is 1.37 bits per heavy atom. The van der Waals surface area contributed by atoms with Crippen LogP contribution in [0.2, 0.25) is 0 Å². The maximum atomic E-state index is 2.37. The summed E-state index contributed by atoms with van der Waals surface area (Å²) in [5.41, 5.74) is 10.0. The van der Waals surface area contributed by atoms with Gasteiger partial charge in [0.15, 0.2) is 0 Å². The molecule has 1 aliphatic rings. The van der Waals surface area contributed by atoms with Gasteiger partial charge in [0.1, 0.15) is 0 Å². The molecular weight excluding hydrogens is 497 g/mol. The van der Waals surface area contributed by atoms with Gasteiger partial charge in [0.05, 0.1) is 0 Å². The van der Waals surface area contributed by atoms with E-state index in [0.717, 1.165) is 0 Å². The highest BCUT2D eigenvalue weighted by atomic mass is 32.2. The predicted octanol–water partition coefficient (Wildman–Crippen LogP) is 11.0. The SMILES string of the molecule is c1ccc(-c2ccc3c(c2)Sc2ccc(-c4ccccc4)cc2-c2ccccc2Sc2ccccc2-3)cc1. The van der Waals surface area contributed by atoms with Crippen LogP contribution >= 0.6 is 23.5 Å². The zero-order valence-electron chi connectivity index (χ0n) is 20.7. The Labute approximate surface area is 232 Å². The molecule has 0 atom stereocenters. The first-order chi connectivity index (χ1) is 18.8. The largest absolute Gasteiger partial charge is 0.0888 e. The van der Waals surface area contributed by atoms with Gasteiger partial charge >= 0.3 is 0 Å². The zero-order chi connectivity index (χ0) is 25.3. The summed E-state index contributed by atoms with van der Waals surface area (Å²) >= 11 is 3.73. The van der Waals surface area contributed by atoms with Crippen LogP contribution in [-0.2, 0) is 0 Å². The van der Waals surface area contributed by atoms with Crippen LogP contribution in [0.25, 0.3) is 44.5 Å². The zero-order valence-corrected chi connectivity index (χ0v) is 22.3. The summed E-state index contributed by atoms with van der Waals surface area (Å²) in [5, 5.41) is 0. The molecule has 6 aromatic rings. The standard InChI is InChI=1S/C36H24S2/c1-3-11-25(12-4-1)27-20-22-35-32(23-27)30-16-8-10-18-34(30)37-33-17-9-7-15-29(33)31-21-19-28(24-36(31)38-35)26-13-5-2-6-14-26/h1-24H. The first-order valence-corrected chi connectivity index (χ1v) is 14.4. The Balaban J connectivity index is 1.48. The van der Waals surface area contributed by atoms with Crippen molar-refractivity contribution in [2.75, 3.05) is 0 Å². The van der Waals surface area contributed by atoms with Crippen molar-refractivity contribution in [3.05, 3.63) is 146 Å². The lowest BCUT2D eigenvalue weighted by Gasteiger charge is -2.21. The van der Waals surface area contributed by atoms with Crippen LogP contribution in [0.3, 0.4) is 0 Å². The van der Waals surface area contributed by atoms with E-state index in [9.17, 15) is 0 Å². The van der Waals surface area contributed by atoms with Crippen LogP contribution in [0, 0.1) is 0 Å². The summed E-state index contributed by atoms with van der Waals surface area (Å²) in [6, 6.07) is 52.8. The van der Waals surface area contributed by atoms with Crippen LogP contribution in [0.5, 0.6) is 0 Å². The molecular formula is C36H24S2. The van der Waals surface area contributed by atoms with Crippen molar-refractivity contribution in [3.63, 3.8) is 0 Å². The summed E-state index contributed by atoms with van der Waals surface area (Å²) < 4.78 is 0. The Bertz CT molecular complexity index is 1750. The maximum Gasteiger partial charge on any atom is 0.0207 e. The van der Waals surface area contributed by atoms with Gasteiger partial charge < -0.3 is 0 Å². The van der Waals surface area contributed by atoms with Gasteiger partial charge in [-0.05, 0) is 74.8 Å². The second-order valence-electron chi connectivity index (χ2n) is 9.35. The van der Waals surface area contributed by atoms with E-state index >= 15 is 0 Å². The predicted molar refractivity (Wildman–Crippen MR) is 163 cm³/mol. The van der Waals surface area contributed by atoms with Gasteiger partial charge in [-0.2, -0.15) is 0 Å². The van der Waals surface area contributed by atoms with Gasteiger partial charge in [-0.1, -0.05) is 139 Å². The smallest absolute Gasteiger partial charge is 0.0207 e. The summed E-state index contributed by atoms with van der Waals surface area (Å²) in [4.78, 5) is 5.09. The molecule has 0 radical (unpaired) electrons. The normalized spacial score (nSPS) is 12.0. The Kier molecular flexibility index (Phi) is 6.13. The molecule has 2 heteroatoms. The fraction of sp³-hybridized carbons (Fsp3) is 0. The molecule has 6 aromatic carbocycles. The summed E-state index contributed by atoms with van der Waals surface area (Å²) in [7, 11) is 0. The Hall–Kier alpha value is -3.98. The molecule has 1 aliphatic heterocycles. The second-order valence-corrected chi connectivity index (χ2v) is 11.5. The van der Waals surface area contributed by atoms with E-state index in [2.05, 4.69) is 146 Å². The van der Waals surface area contributed by atoms with E-state index in [1.807, 2.05) is 23.5 Å². The second kappa shape index (κ2) is 10.1. The van der Waals surface area contributed by atoms with Crippen molar-refractivity contribution in [1.82, 2.24) is 0 Å². The molecule has 38 heavy (non-hydrogen) atoms. The molecule has 7 rings (SSSR count). The van der Waals surface area contributed by atoms with Crippen LogP contribution in [0.4, 0.5) is 0 Å². The number of hydrogen-bond donors (Lipinski definition) is 0. The van der Waals surface area contributed by atoms with Gasteiger partial charge in [-0.3, -0.25) is 0 Å². The molecule has 0 nitrogen and oxygen atoms in total. The molecule has 0 unspecified atom stereocenters. The van der Waals surface area contributed by atoms with Crippen LogP contribution < -0.4 is 0 Å². The molecule has 0 amide bonds. The van der Waals surface area contributed by atoms with Crippen molar-refractivity contribution in [2.24, 2.45) is 0 Å².